The van der Waals surface area contributed by atoms with Crippen LogP contribution >= 0.6 is 0 Å². The fourth-order valence-electron chi connectivity index (χ4n) is 2.81. The number of rotatable bonds is 7. The maximum Gasteiger partial charge on any atom is 0.321 e. The molecule has 0 spiro atoms. The number of carbonyl (C=O) groups is 2. The van der Waals surface area contributed by atoms with E-state index in [9.17, 15) is 9.59 Å². The van der Waals surface area contributed by atoms with Crippen LogP contribution in [-0.2, 0) is 31.1 Å². The first-order valence-corrected chi connectivity index (χ1v) is 8.41. The molecule has 0 aliphatic carbocycles. The van der Waals surface area contributed by atoms with Crippen molar-refractivity contribution in [2.75, 3.05) is 5.32 Å². The Balaban J connectivity index is 2.09. The standard InChI is InChI=1S/C18H25N5O2/c1-4-13-14(5-2)22-23(3)17(13)21-18(25)20-15(16(19)24)11-12-9-7-6-8-10-12/h6-10,15H,4-5,11H2,1-3H3,(H2,19,24)(H2,20,21,25)/t15-/m0/s1. The van der Waals surface area contributed by atoms with Crippen molar-refractivity contribution in [3.05, 3.63) is 47.2 Å². The van der Waals surface area contributed by atoms with E-state index in [2.05, 4.69) is 15.7 Å². The molecule has 4 N–H and O–H groups in total. The van der Waals surface area contributed by atoms with Gasteiger partial charge in [0.2, 0.25) is 5.91 Å². The van der Waals surface area contributed by atoms with Crippen LogP contribution in [-0.4, -0.2) is 27.8 Å². The van der Waals surface area contributed by atoms with Crippen LogP contribution in [0.2, 0.25) is 0 Å². The minimum atomic E-state index is -0.786. The monoisotopic (exact) mass is 343 g/mol. The Morgan fingerprint density at radius 3 is 2.44 bits per heavy atom. The van der Waals surface area contributed by atoms with Crippen molar-refractivity contribution in [1.29, 1.82) is 0 Å². The molecule has 0 aliphatic heterocycles. The number of aromatic nitrogens is 2. The fourth-order valence-corrected chi connectivity index (χ4v) is 2.81. The molecule has 3 amide bonds. The lowest BCUT2D eigenvalue weighted by Gasteiger charge is -2.16. The second kappa shape index (κ2) is 8.32. The van der Waals surface area contributed by atoms with Crippen LogP contribution in [0.25, 0.3) is 0 Å². The van der Waals surface area contributed by atoms with E-state index in [0.29, 0.717) is 12.2 Å². The van der Waals surface area contributed by atoms with Crippen molar-refractivity contribution in [3.63, 3.8) is 0 Å². The van der Waals surface area contributed by atoms with Gasteiger partial charge in [-0.3, -0.25) is 14.8 Å². The van der Waals surface area contributed by atoms with Gasteiger partial charge in [0.25, 0.3) is 0 Å². The van der Waals surface area contributed by atoms with Gasteiger partial charge in [-0.25, -0.2) is 4.79 Å². The molecule has 0 fully saturated rings. The molecule has 7 nitrogen and oxygen atoms in total. The van der Waals surface area contributed by atoms with Crippen LogP contribution in [0.15, 0.2) is 30.3 Å². The predicted molar refractivity (Wildman–Crippen MR) is 97.2 cm³/mol. The summed E-state index contributed by atoms with van der Waals surface area (Å²) in [5.41, 5.74) is 8.32. The number of benzene rings is 1. The summed E-state index contributed by atoms with van der Waals surface area (Å²) >= 11 is 0. The Bertz CT molecular complexity index is 739. The molecule has 0 aliphatic rings. The summed E-state index contributed by atoms with van der Waals surface area (Å²) in [4.78, 5) is 24.1. The molecule has 1 heterocycles. The number of urea groups is 1. The lowest BCUT2D eigenvalue weighted by atomic mass is 10.1. The number of amides is 3. The first-order chi connectivity index (χ1) is 12.0. The van der Waals surface area contributed by atoms with E-state index in [4.69, 9.17) is 5.73 Å². The number of hydrogen-bond acceptors (Lipinski definition) is 3. The van der Waals surface area contributed by atoms with Gasteiger partial charge in [-0.05, 0) is 18.4 Å². The molecule has 134 valence electrons. The number of aryl methyl sites for hydroxylation is 2. The van der Waals surface area contributed by atoms with Gasteiger partial charge in [-0.2, -0.15) is 5.10 Å². The molecule has 7 heteroatoms. The van der Waals surface area contributed by atoms with Crippen molar-refractivity contribution >= 4 is 17.8 Å². The van der Waals surface area contributed by atoms with E-state index < -0.39 is 18.0 Å². The molecular formula is C18H25N5O2. The molecule has 0 unspecified atom stereocenters. The molecule has 0 radical (unpaired) electrons. The quantitative estimate of drug-likeness (QED) is 0.714. The fraction of sp³-hybridized carbons (Fsp3) is 0.389. The average molecular weight is 343 g/mol. The Morgan fingerprint density at radius 1 is 1.20 bits per heavy atom. The zero-order valence-electron chi connectivity index (χ0n) is 14.9. The largest absolute Gasteiger partial charge is 0.368 e. The number of hydrogen-bond donors (Lipinski definition) is 3. The molecule has 25 heavy (non-hydrogen) atoms. The third kappa shape index (κ3) is 4.59. The van der Waals surface area contributed by atoms with Crippen LogP contribution < -0.4 is 16.4 Å². The molecule has 2 aromatic rings. The number of nitrogens with one attached hydrogen (secondary N) is 2. The lowest BCUT2D eigenvalue weighted by Crippen LogP contribution is -2.47. The third-order valence-electron chi connectivity index (χ3n) is 4.08. The molecule has 0 saturated heterocycles. The first kappa shape index (κ1) is 18.5. The smallest absolute Gasteiger partial charge is 0.321 e. The molecule has 1 aromatic carbocycles. The lowest BCUT2D eigenvalue weighted by molar-refractivity contribution is -0.119. The SMILES string of the molecule is CCc1nn(C)c(NC(=O)N[C@@H](Cc2ccccc2)C(N)=O)c1CC. The summed E-state index contributed by atoms with van der Waals surface area (Å²) in [5, 5.41) is 9.87. The van der Waals surface area contributed by atoms with Crippen molar-refractivity contribution in [1.82, 2.24) is 15.1 Å². The Hall–Kier alpha value is -2.83. The molecular weight excluding hydrogens is 318 g/mol. The van der Waals surface area contributed by atoms with Gasteiger partial charge >= 0.3 is 6.03 Å². The summed E-state index contributed by atoms with van der Waals surface area (Å²) in [7, 11) is 1.78. The second-order valence-electron chi connectivity index (χ2n) is 5.85. The van der Waals surface area contributed by atoms with Crippen molar-refractivity contribution in [2.24, 2.45) is 12.8 Å². The van der Waals surface area contributed by atoms with E-state index in [1.54, 1.807) is 11.7 Å². The normalized spacial score (nSPS) is 11.8. The van der Waals surface area contributed by atoms with Crippen LogP contribution in [0, 0.1) is 0 Å². The second-order valence-corrected chi connectivity index (χ2v) is 5.85. The van der Waals surface area contributed by atoms with Gasteiger partial charge in [0.15, 0.2) is 0 Å². The predicted octanol–water partition coefficient (Wildman–Crippen LogP) is 1.76. The highest BCUT2D eigenvalue weighted by atomic mass is 16.2. The van der Waals surface area contributed by atoms with E-state index in [0.717, 1.165) is 29.7 Å². The van der Waals surface area contributed by atoms with Crippen LogP contribution in [0.3, 0.4) is 0 Å². The molecule has 0 saturated carbocycles. The average Bonchev–Trinajstić information content (AvgIpc) is 2.90. The number of carbonyl (C=O) groups excluding carboxylic acids is 2. The summed E-state index contributed by atoms with van der Waals surface area (Å²) in [6.07, 6.45) is 1.89. The molecule has 0 bridgehead atoms. The molecule has 1 aromatic heterocycles. The van der Waals surface area contributed by atoms with Crippen molar-refractivity contribution < 1.29 is 9.59 Å². The maximum atomic E-state index is 12.4. The molecule has 2 rings (SSSR count). The van der Waals surface area contributed by atoms with E-state index >= 15 is 0 Å². The van der Waals surface area contributed by atoms with Crippen molar-refractivity contribution in [3.8, 4) is 0 Å². The highest BCUT2D eigenvalue weighted by Crippen LogP contribution is 2.20. The van der Waals surface area contributed by atoms with Gasteiger partial charge in [-0.1, -0.05) is 44.2 Å². The minimum Gasteiger partial charge on any atom is -0.368 e. The van der Waals surface area contributed by atoms with Gasteiger partial charge < -0.3 is 11.1 Å². The summed E-state index contributed by atoms with van der Waals surface area (Å²) in [6.45, 7) is 4.04. The zero-order chi connectivity index (χ0) is 18.4. The third-order valence-corrected chi connectivity index (χ3v) is 4.08. The van der Waals surface area contributed by atoms with E-state index in [1.165, 1.54) is 0 Å². The number of nitrogens with zero attached hydrogens (tertiary/aromatic N) is 2. The summed E-state index contributed by atoms with van der Waals surface area (Å²) in [6, 6.07) is 8.17. The van der Waals surface area contributed by atoms with Crippen LogP contribution in [0.4, 0.5) is 10.6 Å². The van der Waals surface area contributed by atoms with Crippen LogP contribution in [0.1, 0.15) is 30.7 Å². The van der Waals surface area contributed by atoms with Gasteiger partial charge in [-0.15, -0.1) is 0 Å². The van der Waals surface area contributed by atoms with Crippen molar-refractivity contribution in [2.45, 2.75) is 39.2 Å². The van der Waals surface area contributed by atoms with E-state index in [1.807, 2.05) is 44.2 Å². The summed E-state index contributed by atoms with van der Waals surface area (Å²) in [5.74, 6) is 0.0637. The van der Waals surface area contributed by atoms with Crippen LogP contribution in [0.5, 0.6) is 0 Å². The maximum absolute atomic E-state index is 12.4. The molecule has 1 atom stereocenters. The zero-order valence-corrected chi connectivity index (χ0v) is 14.9. The Kier molecular flexibility index (Phi) is 6.16. The van der Waals surface area contributed by atoms with E-state index in [-0.39, 0.29) is 0 Å². The topological polar surface area (TPSA) is 102 Å². The number of primary amides is 1. The van der Waals surface area contributed by atoms with Gasteiger partial charge in [0.1, 0.15) is 11.9 Å². The van der Waals surface area contributed by atoms with Gasteiger partial charge in [0, 0.05) is 19.0 Å². The van der Waals surface area contributed by atoms with Gasteiger partial charge in [0.05, 0.1) is 5.69 Å². The first-order valence-electron chi connectivity index (χ1n) is 8.41. The Morgan fingerprint density at radius 2 is 1.88 bits per heavy atom. The minimum absolute atomic E-state index is 0.343. The number of anilines is 1. The summed E-state index contributed by atoms with van der Waals surface area (Å²) < 4.78 is 1.65. The highest BCUT2D eigenvalue weighted by Gasteiger charge is 2.21. The highest BCUT2D eigenvalue weighted by molar-refractivity contribution is 5.93. The number of nitrogens with two attached hydrogens (primary N) is 1. The Labute approximate surface area is 147 Å².